The van der Waals surface area contributed by atoms with Gasteiger partial charge in [0.2, 0.25) is 0 Å². The van der Waals surface area contributed by atoms with Gasteiger partial charge in [-0.25, -0.2) is 0 Å². The van der Waals surface area contributed by atoms with Crippen LogP contribution in [0.1, 0.15) is 17.3 Å². The second kappa shape index (κ2) is 6.96. The second-order valence-corrected chi connectivity index (χ2v) is 4.80. The highest BCUT2D eigenvalue weighted by atomic mass is 35.5. The summed E-state index contributed by atoms with van der Waals surface area (Å²) in [7, 11) is 0. The van der Waals surface area contributed by atoms with Crippen molar-refractivity contribution >= 4 is 23.1 Å². The number of halogens is 1. The lowest BCUT2D eigenvalue weighted by atomic mass is 10.1. The number of carbonyl (C=O) groups is 1. The summed E-state index contributed by atoms with van der Waals surface area (Å²) in [6, 6.07) is 14.7. The molecule has 0 aliphatic carbocycles. The summed E-state index contributed by atoms with van der Waals surface area (Å²) in [5.74, 6) is 0.847. The van der Waals surface area contributed by atoms with Crippen molar-refractivity contribution in [3.05, 3.63) is 59.1 Å². The quantitative estimate of drug-likeness (QED) is 0.644. The fraction of sp³-hybridized carbons (Fsp3) is 0.188. The first kappa shape index (κ1) is 14.4. The van der Waals surface area contributed by atoms with Crippen molar-refractivity contribution in [3.63, 3.8) is 0 Å². The number of rotatable bonds is 6. The molecular formula is C16H16ClNO2. The average Bonchev–Trinajstić information content (AvgIpc) is 2.46. The Bertz CT molecular complexity index is 581. The molecule has 20 heavy (non-hydrogen) atoms. The Morgan fingerprint density at radius 1 is 1.20 bits per heavy atom. The van der Waals surface area contributed by atoms with Crippen LogP contribution in [-0.2, 0) is 0 Å². The van der Waals surface area contributed by atoms with Crippen molar-refractivity contribution in [2.45, 2.75) is 6.92 Å². The number of ketones is 1. The molecule has 0 aliphatic rings. The Labute approximate surface area is 123 Å². The monoisotopic (exact) mass is 289 g/mol. The largest absolute Gasteiger partial charge is 0.492 e. The van der Waals surface area contributed by atoms with Crippen LogP contribution in [0.3, 0.4) is 0 Å². The predicted octanol–water partition coefficient (Wildman–Crippen LogP) is 4.03. The minimum atomic E-state index is 0.0612. The van der Waals surface area contributed by atoms with Crippen LogP contribution in [0.5, 0.6) is 5.75 Å². The third-order valence-corrected chi connectivity index (χ3v) is 3.03. The Kier molecular flexibility index (Phi) is 5.02. The van der Waals surface area contributed by atoms with Crippen molar-refractivity contribution in [1.82, 2.24) is 0 Å². The van der Waals surface area contributed by atoms with E-state index in [4.69, 9.17) is 16.3 Å². The topological polar surface area (TPSA) is 38.3 Å². The Hall–Kier alpha value is -2.00. The number of anilines is 1. The summed E-state index contributed by atoms with van der Waals surface area (Å²) in [4.78, 5) is 11.3. The van der Waals surface area contributed by atoms with Gasteiger partial charge in [-0.3, -0.25) is 4.79 Å². The van der Waals surface area contributed by atoms with Gasteiger partial charge in [-0.05, 0) is 43.3 Å². The molecule has 4 heteroatoms. The molecule has 0 saturated heterocycles. The molecular weight excluding hydrogens is 274 g/mol. The molecule has 2 aromatic rings. The van der Waals surface area contributed by atoms with Gasteiger partial charge >= 0.3 is 0 Å². The number of hydrogen-bond acceptors (Lipinski definition) is 3. The zero-order chi connectivity index (χ0) is 14.4. The first-order valence-electron chi connectivity index (χ1n) is 6.38. The first-order valence-corrected chi connectivity index (χ1v) is 6.76. The maximum atomic E-state index is 11.3. The zero-order valence-corrected chi connectivity index (χ0v) is 12.0. The van der Waals surface area contributed by atoms with Gasteiger partial charge in [0.25, 0.3) is 0 Å². The molecule has 2 rings (SSSR count). The lowest BCUT2D eigenvalue weighted by Crippen LogP contribution is -2.11. The molecule has 0 atom stereocenters. The minimum absolute atomic E-state index is 0.0612. The van der Waals surface area contributed by atoms with Crippen molar-refractivity contribution in [2.75, 3.05) is 18.5 Å². The first-order chi connectivity index (χ1) is 9.65. The van der Waals surface area contributed by atoms with E-state index in [9.17, 15) is 4.79 Å². The zero-order valence-electron chi connectivity index (χ0n) is 11.2. The molecule has 0 aromatic heterocycles. The lowest BCUT2D eigenvalue weighted by Gasteiger charge is -2.09. The highest BCUT2D eigenvalue weighted by Gasteiger charge is 2.00. The summed E-state index contributed by atoms with van der Waals surface area (Å²) >= 11 is 5.80. The van der Waals surface area contributed by atoms with Gasteiger partial charge in [0.1, 0.15) is 12.4 Å². The molecule has 0 aliphatic heterocycles. The van der Waals surface area contributed by atoms with Crippen LogP contribution < -0.4 is 10.1 Å². The van der Waals surface area contributed by atoms with Gasteiger partial charge in [0, 0.05) is 22.8 Å². The molecule has 0 amide bonds. The van der Waals surface area contributed by atoms with Gasteiger partial charge in [-0.1, -0.05) is 23.7 Å². The van der Waals surface area contributed by atoms with E-state index in [1.807, 2.05) is 30.3 Å². The van der Waals surface area contributed by atoms with Crippen molar-refractivity contribution in [1.29, 1.82) is 0 Å². The van der Waals surface area contributed by atoms with Gasteiger partial charge < -0.3 is 10.1 Å². The molecule has 104 valence electrons. The van der Waals surface area contributed by atoms with Crippen LogP contribution in [0, 0.1) is 0 Å². The fourth-order valence-electron chi connectivity index (χ4n) is 1.74. The van der Waals surface area contributed by atoms with Crippen LogP contribution in [0.2, 0.25) is 5.02 Å². The maximum Gasteiger partial charge on any atom is 0.159 e. The molecule has 0 radical (unpaired) electrons. The normalized spacial score (nSPS) is 10.1. The minimum Gasteiger partial charge on any atom is -0.492 e. The number of nitrogens with one attached hydrogen (secondary N) is 1. The third kappa shape index (κ3) is 4.28. The molecule has 0 heterocycles. The van der Waals surface area contributed by atoms with Crippen molar-refractivity contribution in [3.8, 4) is 5.75 Å². The summed E-state index contributed by atoms with van der Waals surface area (Å²) < 4.78 is 5.57. The molecule has 3 nitrogen and oxygen atoms in total. The van der Waals surface area contributed by atoms with Crippen LogP contribution in [0.25, 0.3) is 0 Å². The van der Waals surface area contributed by atoms with Crippen LogP contribution in [0.15, 0.2) is 48.5 Å². The second-order valence-electron chi connectivity index (χ2n) is 4.37. The highest BCUT2D eigenvalue weighted by Crippen LogP contribution is 2.15. The number of hydrogen-bond donors (Lipinski definition) is 1. The number of carbonyl (C=O) groups excluding carboxylic acids is 1. The fourth-order valence-corrected chi connectivity index (χ4v) is 1.87. The van der Waals surface area contributed by atoms with E-state index in [0.717, 1.165) is 11.4 Å². The van der Waals surface area contributed by atoms with Crippen LogP contribution in [0.4, 0.5) is 5.69 Å². The predicted molar refractivity (Wildman–Crippen MR) is 81.9 cm³/mol. The summed E-state index contributed by atoms with van der Waals surface area (Å²) in [5, 5.41) is 3.91. The molecule has 1 N–H and O–H groups in total. The Balaban J connectivity index is 1.79. The van der Waals surface area contributed by atoms with E-state index in [-0.39, 0.29) is 5.78 Å². The number of ether oxygens (including phenoxy) is 1. The third-order valence-electron chi connectivity index (χ3n) is 2.78. The smallest absolute Gasteiger partial charge is 0.159 e. The van der Waals surface area contributed by atoms with Gasteiger partial charge in [-0.15, -0.1) is 0 Å². The number of benzene rings is 2. The molecule has 0 fully saturated rings. The molecule has 2 aromatic carbocycles. The van der Waals surface area contributed by atoms with E-state index in [1.165, 1.54) is 0 Å². The van der Waals surface area contributed by atoms with E-state index >= 15 is 0 Å². The average molecular weight is 290 g/mol. The molecule has 0 saturated carbocycles. The highest BCUT2D eigenvalue weighted by molar-refractivity contribution is 6.30. The van der Waals surface area contributed by atoms with Crippen molar-refractivity contribution < 1.29 is 9.53 Å². The van der Waals surface area contributed by atoms with Crippen molar-refractivity contribution in [2.24, 2.45) is 0 Å². The van der Waals surface area contributed by atoms with Gasteiger partial charge in [-0.2, -0.15) is 0 Å². The van der Waals surface area contributed by atoms with Gasteiger partial charge in [0.05, 0.1) is 0 Å². The SMILES string of the molecule is CC(=O)c1cccc(NCCOc2ccc(Cl)cc2)c1. The van der Waals surface area contributed by atoms with E-state index < -0.39 is 0 Å². The van der Waals surface area contributed by atoms with Gasteiger partial charge in [0.15, 0.2) is 5.78 Å². The standard InChI is InChI=1S/C16H16ClNO2/c1-12(19)13-3-2-4-15(11-13)18-9-10-20-16-7-5-14(17)6-8-16/h2-8,11,18H,9-10H2,1H3. The molecule has 0 bridgehead atoms. The number of Topliss-reactive ketones (excluding diaryl/α,β-unsaturated/α-hetero) is 1. The van der Waals surface area contributed by atoms with Crippen LogP contribution in [-0.4, -0.2) is 18.9 Å². The van der Waals surface area contributed by atoms with E-state index in [0.29, 0.717) is 23.7 Å². The van der Waals surface area contributed by atoms with Crippen LogP contribution >= 0.6 is 11.6 Å². The molecule has 0 spiro atoms. The summed E-state index contributed by atoms with van der Waals surface area (Å²) in [6.07, 6.45) is 0. The lowest BCUT2D eigenvalue weighted by molar-refractivity contribution is 0.101. The summed E-state index contributed by atoms with van der Waals surface area (Å²) in [5.41, 5.74) is 1.62. The Morgan fingerprint density at radius 3 is 2.65 bits per heavy atom. The Morgan fingerprint density at radius 2 is 1.95 bits per heavy atom. The molecule has 0 unspecified atom stereocenters. The van der Waals surface area contributed by atoms with E-state index in [1.54, 1.807) is 25.1 Å². The van der Waals surface area contributed by atoms with E-state index in [2.05, 4.69) is 5.32 Å². The maximum absolute atomic E-state index is 11.3. The summed E-state index contributed by atoms with van der Waals surface area (Å²) in [6.45, 7) is 2.75.